The first-order valence-electron chi connectivity index (χ1n) is 8.65. The Morgan fingerprint density at radius 1 is 1.15 bits per heavy atom. The Kier molecular flexibility index (Phi) is 4.44. The van der Waals surface area contributed by atoms with Gasteiger partial charge in [-0.1, -0.05) is 12.1 Å². The van der Waals surface area contributed by atoms with Gasteiger partial charge in [0.15, 0.2) is 0 Å². The number of rotatable bonds is 1. The van der Waals surface area contributed by atoms with Gasteiger partial charge in [-0.25, -0.2) is 9.59 Å². The van der Waals surface area contributed by atoms with Crippen molar-refractivity contribution in [2.75, 3.05) is 13.1 Å². The van der Waals surface area contributed by atoms with Crippen molar-refractivity contribution in [3.63, 3.8) is 0 Å². The Labute approximate surface area is 151 Å². The lowest BCUT2D eigenvalue weighted by Crippen LogP contribution is -2.46. The molecule has 26 heavy (non-hydrogen) atoms. The molecule has 2 N–H and O–H groups in total. The summed E-state index contributed by atoms with van der Waals surface area (Å²) in [4.78, 5) is 25.1. The van der Waals surface area contributed by atoms with E-state index in [1.807, 2.05) is 26.8 Å². The van der Waals surface area contributed by atoms with Crippen molar-refractivity contribution >= 4 is 23.1 Å². The van der Waals surface area contributed by atoms with Crippen LogP contribution in [0.3, 0.4) is 0 Å². The Balaban J connectivity index is 1.82. The maximum atomic E-state index is 12.2. The molecule has 0 bridgehead atoms. The maximum Gasteiger partial charge on any atom is 0.415 e. The fraction of sp³-hybridized carbons (Fsp3) is 0.474. The monoisotopic (exact) mass is 360 g/mol. The van der Waals surface area contributed by atoms with Gasteiger partial charge in [-0.05, 0) is 51.3 Å². The summed E-state index contributed by atoms with van der Waals surface area (Å²) >= 11 is 0. The van der Waals surface area contributed by atoms with Crippen LogP contribution >= 0.6 is 0 Å². The van der Waals surface area contributed by atoms with Crippen molar-refractivity contribution in [3.8, 4) is 0 Å². The van der Waals surface area contributed by atoms with Gasteiger partial charge in [-0.15, -0.1) is 0 Å². The Morgan fingerprint density at radius 2 is 1.81 bits per heavy atom. The zero-order chi connectivity index (χ0) is 19.1. The van der Waals surface area contributed by atoms with Crippen molar-refractivity contribution in [1.82, 2.24) is 9.47 Å². The number of carbonyl (C=O) groups is 2. The van der Waals surface area contributed by atoms with Crippen LogP contribution in [-0.4, -0.2) is 50.6 Å². The SMILES string of the molecule is CC(C)(C)OC(=O)N1CCC(O)(c2cccc3c2ccn3C(=O)O)CC1. The number of benzene rings is 1. The fourth-order valence-corrected chi connectivity index (χ4v) is 3.40. The molecule has 2 aromatic rings. The highest BCUT2D eigenvalue weighted by Crippen LogP contribution is 2.37. The smallest absolute Gasteiger partial charge is 0.415 e. The van der Waals surface area contributed by atoms with Gasteiger partial charge in [0.2, 0.25) is 0 Å². The Morgan fingerprint density at radius 3 is 2.38 bits per heavy atom. The third-order valence-corrected chi connectivity index (χ3v) is 4.68. The molecule has 1 amide bonds. The number of piperidine rings is 1. The molecule has 0 saturated carbocycles. The molecule has 0 unspecified atom stereocenters. The number of aromatic nitrogens is 1. The standard InChI is InChI=1S/C19H24N2O5/c1-18(2,3)26-17(24)20-11-8-19(25,9-12-20)14-5-4-6-15-13(14)7-10-21(15)16(22)23/h4-7,10,25H,8-9,11-12H2,1-3H3,(H,22,23). The molecule has 7 nitrogen and oxygen atoms in total. The lowest BCUT2D eigenvalue weighted by molar-refractivity contribution is -0.0347. The van der Waals surface area contributed by atoms with Gasteiger partial charge < -0.3 is 19.8 Å². The van der Waals surface area contributed by atoms with Crippen molar-refractivity contribution < 1.29 is 24.5 Å². The minimum absolute atomic E-state index is 0.365. The lowest BCUT2D eigenvalue weighted by atomic mass is 9.83. The first-order chi connectivity index (χ1) is 12.1. The summed E-state index contributed by atoms with van der Waals surface area (Å²) in [5.41, 5.74) is -0.435. The summed E-state index contributed by atoms with van der Waals surface area (Å²) in [5, 5.41) is 21.2. The van der Waals surface area contributed by atoms with Crippen LogP contribution in [0, 0.1) is 0 Å². The third kappa shape index (κ3) is 3.39. The number of carbonyl (C=O) groups excluding carboxylic acids is 1. The average molecular weight is 360 g/mol. The third-order valence-electron chi connectivity index (χ3n) is 4.68. The molecular weight excluding hydrogens is 336 g/mol. The van der Waals surface area contributed by atoms with E-state index in [2.05, 4.69) is 0 Å². The second-order valence-electron chi connectivity index (χ2n) is 7.71. The highest BCUT2D eigenvalue weighted by molar-refractivity contribution is 5.91. The molecule has 0 aliphatic carbocycles. The molecule has 1 aromatic carbocycles. The van der Waals surface area contributed by atoms with E-state index in [9.17, 15) is 19.8 Å². The predicted octanol–water partition coefficient (Wildman–Crippen LogP) is 3.39. The van der Waals surface area contributed by atoms with E-state index in [0.717, 1.165) is 4.57 Å². The highest BCUT2D eigenvalue weighted by atomic mass is 16.6. The number of fused-ring (bicyclic) bond motifs is 1. The minimum Gasteiger partial charge on any atom is -0.464 e. The molecule has 3 rings (SSSR count). The highest BCUT2D eigenvalue weighted by Gasteiger charge is 2.38. The van der Waals surface area contributed by atoms with E-state index in [0.29, 0.717) is 42.4 Å². The summed E-state index contributed by atoms with van der Waals surface area (Å²) in [5.74, 6) is 0. The van der Waals surface area contributed by atoms with Crippen LogP contribution in [0.15, 0.2) is 30.5 Å². The van der Waals surface area contributed by atoms with Crippen LogP contribution in [0.5, 0.6) is 0 Å². The molecule has 1 aliphatic rings. The first kappa shape index (κ1) is 18.3. The maximum absolute atomic E-state index is 12.2. The zero-order valence-corrected chi connectivity index (χ0v) is 15.2. The molecule has 1 aromatic heterocycles. The first-order valence-corrected chi connectivity index (χ1v) is 8.65. The molecule has 2 heterocycles. The van der Waals surface area contributed by atoms with Crippen LogP contribution in [-0.2, 0) is 10.3 Å². The summed E-state index contributed by atoms with van der Waals surface area (Å²) in [6.07, 6.45) is 0.766. The summed E-state index contributed by atoms with van der Waals surface area (Å²) in [6.45, 7) is 6.21. The van der Waals surface area contributed by atoms with Gasteiger partial charge in [0, 0.05) is 24.7 Å². The number of hydrogen-bond acceptors (Lipinski definition) is 4. The number of hydrogen-bond donors (Lipinski definition) is 2. The minimum atomic E-state index is -1.11. The fourth-order valence-electron chi connectivity index (χ4n) is 3.40. The Hall–Kier alpha value is -2.54. The number of likely N-dealkylation sites (tertiary alicyclic amines) is 1. The van der Waals surface area contributed by atoms with E-state index in [1.54, 1.807) is 23.1 Å². The van der Waals surface area contributed by atoms with Gasteiger partial charge in [0.05, 0.1) is 11.1 Å². The van der Waals surface area contributed by atoms with Gasteiger partial charge >= 0.3 is 12.2 Å². The van der Waals surface area contributed by atoms with E-state index >= 15 is 0 Å². The predicted molar refractivity (Wildman–Crippen MR) is 96.3 cm³/mol. The molecule has 1 saturated heterocycles. The van der Waals surface area contributed by atoms with Gasteiger partial charge in [0.25, 0.3) is 0 Å². The number of aliphatic hydroxyl groups is 1. The zero-order valence-electron chi connectivity index (χ0n) is 15.2. The molecular formula is C19H24N2O5. The molecule has 0 spiro atoms. The van der Waals surface area contributed by atoms with Gasteiger partial charge in [-0.3, -0.25) is 4.57 Å². The molecule has 0 atom stereocenters. The number of carboxylic acid groups (broad SMARTS) is 1. The van der Waals surface area contributed by atoms with Crippen LogP contribution in [0.25, 0.3) is 10.9 Å². The molecule has 0 radical (unpaired) electrons. The molecule has 7 heteroatoms. The lowest BCUT2D eigenvalue weighted by Gasteiger charge is -2.39. The van der Waals surface area contributed by atoms with Crippen molar-refractivity contribution in [1.29, 1.82) is 0 Å². The van der Waals surface area contributed by atoms with Crippen LogP contribution in [0.4, 0.5) is 9.59 Å². The van der Waals surface area contributed by atoms with E-state index in [4.69, 9.17) is 4.74 Å². The van der Waals surface area contributed by atoms with Crippen molar-refractivity contribution in [2.24, 2.45) is 0 Å². The van der Waals surface area contributed by atoms with Crippen molar-refractivity contribution in [3.05, 3.63) is 36.0 Å². The summed E-state index contributed by atoms with van der Waals surface area (Å²) < 4.78 is 6.52. The largest absolute Gasteiger partial charge is 0.464 e. The number of amides is 1. The van der Waals surface area contributed by atoms with Crippen LogP contribution in [0.1, 0.15) is 39.2 Å². The van der Waals surface area contributed by atoms with E-state index in [1.165, 1.54) is 6.20 Å². The van der Waals surface area contributed by atoms with Gasteiger partial charge in [-0.2, -0.15) is 0 Å². The van der Waals surface area contributed by atoms with Gasteiger partial charge in [0.1, 0.15) is 5.60 Å². The molecule has 1 fully saturated rings. The number of ether oxygens (including phenoxy) is 1. The Bertz CT molecular complexity index is 841. The second kappa shape index (κ2) is 6.32. The van der Waals surface area contributed by atoms with Crippen molar-refractivity contribution in [2.45, 2.75) is 44.8 Å². The number of nitrogens with zero attached hydrogens (tertiary/aromatic N) is 2. The summed E-state index contributed by atoms with van der Waals surface area (Å²) in [7, 11) is 0. The quantitative estimate of drug-likeness (QED) is 0.813. The molecule has 140 valence electrons. The van der Waals surface area contributed by atoms with Crippen LogP contribution < -0.4 is 0 Å². The summed E-state index contributed by atoms with van der Waals surface area (Å²) in [6, 6.07) is 6.98. The second-order valence-corrected chi connectivity index (χ2v) is 7.71. The normalized spacial score (nSPS) is 17.3. The average Bonchev–Trinajstić information content (AvgIpc) is 2.97. The van der Waals surface area contributed by atoms with E-state index < -0.39 is 17.3 Å². The van der Waals surface area contributed by atoms with Crippen LogP contribution in [0.2, 0.25) is 0 Å². The van der Waals surface area contributed by atoms with E-state index in [-0.39, 0.29) is 6.09 Å². The topological polar surface area (TPSA) is 92.0 Å². The molecule has 1 aliphatic heterocycles.